The fourth-order valence-corrected chi connectivity index (χ4v) is 6.28. The van der Waals surface area contributed by atoms with Crippen LogP contribution in [-0.2, 0) is 5.75 Å². The van der Waals surface area contributed by atoms with Gasteiger partial charge in [0.25, 0.3) is 5.91 Å². The van der Waals surface area contributed by atoms with Crippen molar-refractivity contribution in [2.45, 2.75) is 17.0 Å². The first-order chi connectivity index (χ1) is 20.2. The zero-order valence-electron chi connectivity index (χ0n) is 21.6. The van der Waals surface area contributed by atoms with Crippen molar-refractivity contribution < 1.29 is 4.79 Å². The summed E-state index contributed by atoms with van der Waals surface area (Å²) in [5.74, 6) is 0.955. The van der Waals surface area contributed by atoms with Gasteiger partial charge in [0.1, 0.15) is 10.7 Å². The van der Waals surface area contributed by atoms with Crippen LogP contribution in [0.5, 0.6) is 0 Å². The van der Waals surface area contributed by atoms with Crippen LogP contribution in [0.25, 0.3) is 17.1 Å². The Hall–Kier alpha value is -4.31. The zero-order valence-corrected chi connectivity index (χ0v) is 24.0. The SMILES string of the molecule is O=C(NC(c1ccccc1)c1ccccc1)c1csc(CSc2nnc(-c3cccnc3)n2-c2cccc(Cl)c2)n1. The molecule has 1 amide bonds. The average Bonchev–Trinajstić information content (AvgIpc) is 3.68. The number of pyridine rings is 1. The number of carbonyl (C=O) groups is 1. The molecule has 0 aliphatic heterocycles. The standard InChI is InChI=1S/C31H23ClN6OS2/c32-24-14-7-15-25(17-24)38-29(23-13-8-16-33-18-23)36-37-31(38)41-20-27-34-26(19-40-27)30(39)35-28(21-9-3-1-4-10-21)22-11-5-2-6-12-22/h1-19,28H,20H2,(H,35,39). The van der Waals surface area contributed by atoms with Crippen molar-refractivity contribution in [3.8, 4) is 17.1 Å². The fraction of sp³-hybridized carbons (Fsp3) is 0.0645. The van der Waals surface area contributed by atoms with E-state index in [2.05, 4.69) is 25.5 Å². The van der Waals surface area contributed by atoms with E-state index in [9.17, 15) is 4.79 Å². The van der Waals surface area contributed by atoms with Crippen molar-refractivity contribution in [3.05, 3.63) is 142 Å². The summed E-state index contributed by atoms with van der Waals surface area (Å²) in [5.41, 5.74) is 4.07. The van der Waals surface area contributed by atoms with E-state index in [-0.39, 0.29) is 11.9 Å². The summed E-state index contributed by atoms with van der Waals surface area (Å²) < 4.78 is 1.96. The van der Waals surface area contributed by atoms with Crippen LogP contribution in [0.3, 0.4) is 0 Å². The lowest BCUT2D eigenvalue weighted by molar-refractivity contribution is 0.0938. The van der Waals surface area contributed by atoms with Crippen LogP contribution in [0.15, 0.2) is 120 Å². The molecule has 10 heteroatoms. The van der Waals surface area contributed by atoms with Gasteiger partial charge < -0.3 is 5.32 Å². The van der Waals surface area contributed by atoms with Gasteiger partial charge in [-0.05, 0) is 41.5 Å². The molecule has 0 unspecified atom stereocenters. The summed E-state index contributed by atoms with van der Waals surface area (Å²) in [7, 11) is 0. The molecule has 0 saturated heterocycles. The van der Waals surface area contributed by atoms with E-state index in [1.54, 1.807) is 17.8 Å². The molecule has 0 fully saturated rings. The molecule has 0 aliphatic rings. The van der Waals surface area contributed by atoms with Gasteiger partial charge in [0, 0.05) is 28.4 Å². The number of rotatable bonds is 9. The zero-order chi connectivity index (χ0) is 28.0. The van der Waals surface area contributed by atoms with Crippen molar-refractivity contribution >= 4 is 40.6 Å². The molecule has 7 nitrogen and oxygen atoms in total. The predicted molar refractivity (Wildman–Crippen MR) is 163 cm³/mol. The largest absolute Gasteiger partial charge is 0.340 e. The molecule has 41 heavy (non-hydrogen) atoms. The Labute approximate surface area is 250 Å². The van der Waals surface area contributed by atoms with Crippen LogP contribution >= 0.6 is 34.7 Å². The van der Waals surface area contributed by atoms with Gasteiger partial charge in [0.15, 0.2) is 11.0 Å². The van der Waals surface area contributed by atoms with Crippen LogP contribution in [0.1, 0.15) is 32.7 Å². The van der Waals surface area contributed by atoms with Crippen LogP contribution in [0.2, 0.25) is 5.02 Å². The number of thiazole rings is 1. The highest BCUT2D eigenvalue weighted by atomic mass is 35.5. The molecule has 0 bridgehead atoms. The van der Waals surface area contributed by atoms with Crippen molar-refractivity contribution in [3.63, 3.8) is 0 Å². The molecule has 0 spiro atoms. The Bertz CT molecular complexity index is 1720. The first-order valence-corrected chi connectivity index (χ1v) is 15.0. The molecule has 1 N–H and O–H groups in total. The van der Waals surface area contributed by atoms with Gasteiger partial charge >= 0.3 is 0 Å². The summed E-state index contributed by atoms with van der Waals surface area (Å²) in [4.78, 5) is 22.2. The third-order valence-electron chi connectivity index (χ3n) is 6.27. The van der Waals surface area contributed by atoms with E-state index in [0.717, 1.165) is 27.4 Å². The number of hydrogen-bond donors (Lipinski definition) is 1. The van der Waals surface area contributed by atoms with Gasteiger partial charge in [-0.15, -0.1) is 21.5 Å². The summed E-state index contributed by atoms with van der Waals surface area (Å²) in [6, 6.07) is 30.9. The molecule has 6 rings (SSSR count). The number of hydrogen-bond acceptors (Lipinski definition) is 7. The van der Waals surface area contributed by atoms with Crippen molar-refractivity contribution in [1.29, 1.82) is 0 Å². The second kappa shape index (κ2) is 12.5. The molecule has 3 aromatic carbocycles. The third kappa shape index (κ3) is 6.22. The normalized spacial score (nSPS) is 11.1. The summed E-state index contributed by atoms with van der Waals surface area (Å²) in [6.07, 6.45) is 3.47. The lowest BCUT2D eigenvalue weighted by Crippen LogP contribution is -2.29. The van der Waals surface area contributed by atoms with Crippen LogP contribution in [0, 0.1) is 0 Å². The molecule has 6 aromatic rings. The number of carbonyl (C=O) groups excluding carboxylic acids is 1. The number of nitrogens with one attached hydrogen (secondary N) is 1. The minimum absolute atomic E-state index is 0.226. The number of amides is 1. The number of benzene rings is 3. The third-order valence-corrected chi connectivity index (χ3v) is 8.48. The lowest BCUT2D eigenvalue weighted by Gasteiger charge is -2.19. The molecule has 0 radical (unpaired) electrons. The topological polar surface area (TPSA) is 85.6 Å². The second-order valence-electron chi connectivity index (χ2n) is 9.01. The van der Waals surface area contributed by atoms with E-state index < -0.39 is 0 Å². The maximum atomic E-state index is 13.3. The number of halogens is 1. The van der Waals surface area contributed by atoms with Crippen molar-refractivity contribution in [2.24, 2.45) is 0 Å². The summed E-state index contributed by atoms with van der Waals surface area (Å²) in [6.45, 7) is 0. The molecule has 0 aliphatic carbocycles. The molecule has 202 valence electrons. The number of thioether (sulfide) groups is 1. The quantitative estimate of drug-likeness (QED) is 0.177. The van der Waals surface area contributed by atoms with E-state index in [1.165, 1.54) is 23.1 Å². The highest BCUT2D eigenvalue weighted by Gasteiger charge is 2.21. The average molecular weight is 595 g/mol. The smallest absolute Gasteiger partial charge is 0.271 e. The predicted octanol–water partition coefficient (Wildman–Crippen LogP) is 7.25. The van der Waals surface area contributed by atoms with Crippen LogP contribution in [-0.4, -0.2) is 30.6 Å². The lowest BCUT2D eigenvalue weighted by atomic mass is 9.98. The summed E-state index contributed by atoms with van der Waals surface area (Å²) >= 11 is 9.25. The highest BCUT2D eigenvalue weighted by Crippen LogP contribution is 2.31. The Balaban J connectivity index is 1.21. The maximum Gasteiger partial charge on any atom is 0.271 e. The molecule has 0 atom stereocenters. The Kier molecular flexibility index (Phi) is 8.18. The molecular formula is C31H23ClN6OS2. The Morgan fingerprint density at radius 1 is 0.927 bits per heavy atom. The van der Waals surface area contributed by atoms with Gasteiger partial charge in [0.05, 0.1) is 17.5 Å². The van der Waals surface area contributed by atoms with Crippen LogP contribution < -0.4 is 5.32 Å². The molecule has 3 heterocycles. The van der Waals surface area contributed by atoms with Gasteiger partial charge in [-0.3, -0.25) is 14.3 Å². The van der Waals surface area contributed by atoms with Crippen molar-refractivity contribution in [2.75, 3.05) is 0 Å². The highest BCUT2D eigenvalue weighted by molar-refractivity contribution is 7.98. The minimum atomic E-state index is -0.286. The Morgan fingerprint density at radius 2 is 1.68 bits per heavy atom. The monoisotopic (exact) mass is 594 g/mol. The second-order valence-corrected chi connectivity index (χ2v) is 11.3. The van der Waals surface area contributed by atoms with Crippen LogP contribution in [0.4, 0.5) is 0 Å². The van der Waals surface area contributed by atoms with E-state index in [1.807, 2.05) is 102 Å². The van der Waals surface area contributed by atoms with Gasteiger partial charge in [-0.25, -0.2) is 4.98 Å². The summed E-state index contributed by atoms with van der Waals surface area (Å²) in [5, 5.41) is 16.0. The molecule has 0 saturated carbocycles. The van der Waals surface area contributed by atoms with Gasteiger partial charge in [-0.2, -0.15) is 0 Å². The van der Waals surface area contributed by atoms with E-state index in [4.69, 9.17) is 11.6 Å². The van der Waals surface area contributed by atoms with Gasteiger partial charge in [0.2, 0.25) is 0 Å². The molecule has 3 aromatic heterocycles. The first kappa shape index (κ1) is 26.9. The Morgan fingerprint density at radius 3 is 2.37 bits per heavy atom. The van der Waals surface area contributed by atoms with E-state index in [0.29, 0.717) is 27.5 Å². The fourth-order valence-electron chi connectivity index (χ4n) is 4.36. The number of aromatic nitrogens is 5. The minimum Gasteiger partial charge on any atom is -0.340 e. The van der Waals surface area contributed by atoms with E-state index >= 15 is 0 Å². The number of nitrogens with zero attached hydrogens (tertiary/aromatic N) is 5. The molecular weight excluding hydrogens is 572 g/mol. The van der Waals surface area contributed by atoms with Crippen molar-refractivity contribution in [1.82, 2.24) is 30.0 Å². The maximum absolute atomic E-state index is 13.3. The first-order valence-electron chi connectivity index (χ1n) is 12.8. The van der Waals surface area contributed by atoms with Gasteiger partial charge in [-0.1, -0.05) is 90.1 Å².